The number of carbonyl (C=O) groups excluding carboxylic acids is 1. The van der Waals surface area contributed by atoms with Gasteiger partial charge in [-0.05, 0) is 39.7 Å². The minimum Gasteiger partial charge on any atom is -0.444 e. The molecule has 1 aliphatic rings. The SMILES string of the molecule is CN(c1nccc(Cl)n1)C1CCCN(C(=O)OC(C)(C)C)C1. The number of likely N-dealkylation sites (N-methyl/N-ethyl adjacent to an activating group) is 1. The van der Waals surface area contributed by atoms with E-state index in [1.807, 2.05) is 32.7 Å². The predicted molar refractivity (Wildman–Crippen MR) is 86.3 cm³/mol. The Hall–Kier alpha value is -1.56. The number of ether oxygens (including phenoxy) is 1. The van der Waals surface area contributed by atoms with Crippen LogP contribution < -0.4 is 4.90 Å². The van der Waals surface area contributed by atoms with Crippen LogP contribution >= 0.6 is 11.6 Å². The van der Waals surface area contributed by atoms with Crippen molar-refractivity contribution in [1.29, 1.82) is 0 Å². The highest BCUT2D eigenvalue weighted by Crippen LogP contribution is 2.21. The third-order valence-electron chi connectivity index (χ3n) is 3.52. The van der Waals surface area contributed by atoms with Gasteiger partial charge in [-0.15, -0.1) is 0 Å². The van der Waals surface area contributed by atoms with Crippen LogP contribution in [-0.2, 0) is 4.74 Å². The van der Waals surface area contributed by atoms with Gasteiger partial charge < -0.3 is 14.5 Å². The summed E-state index contributed by atoms with van der Waals surface area (Å²) in [6, 6.07) is 1.80. The normalized spacial score (nSPS) is 19.0. The van der Waals surface area contributed by atoms with Gasteiger partial charge in [-0.1, -0.05) is 11.6 Å². The lowest BCUT2D eigenvalue weighted by Gasteiger charge is -2.38. The Balaban J connectivity index is 2.02. The standard InChI is InChI=1S/C15H23ClN4O2/c1-15(2,3)22-14(21)20-9-5-6-11(10-20)19(4)13-17-8-7-12(16)18-13/h7-8,11H,5-6,9-10H2,1-4H3. The van der Waals surface area contributed by atoms with E-state index in [4.69, 9.17) is 16.3 Å². The zero-order valence-corrected chi connectivity index (χ0v) is 14.3. The molecule has 1 unspecified atom stereocenters. The molecule has 0 bridgehead atoms. The van der Waals surface area contributed by atoms with Crippen molar-refractivity contribution in [3.8, 4) is 0 Å². The molecule has 6 nitrogen and oxygen atoms in total. The van der Waals surface area contributed by atoms with Gasteiger partial charge in [0.15, 0.2) is 0 Å². The Morgan fingerprint density at radius 1 is 1.50 bits per heavy atom. The maximum absolute atomic E-state index is 12.2. The number of piperidine rings is 1. The molecule has 1 amide bonds. The molecule has 0 N–H and O–H groups in total. The maximum Gasteiger partial charge on any atom is 0.410 e. The van der Waals surface area contributed by atoms with Gasteiger partial charge in [-0.3, -0.25) is 0 Å². The van der Waals surface area contributed by atoms with Gasteiger partial charge in [0.1, 0.15) is 10.8 Å². The third-order valence-corrected chi connectivity index (χ3v) is 3.73. The Bertz CT molecular complexity index is 533. The molecular formula is C15H23ClN4O2. The molecule has 1 atom stereocenters. The second kappa shape index (κ2) is 6.69. The molecule has 2 rings (SSSR count). The molecular weight excluding hydrogens is 304 g/mol. The van der Waals surface area contributed by atoms with Gasteiger partial charge >= 0.3 is 6.09 Å². The van der Waals surface area contributed by atoms with Crippen LogP contribution in [0.2, 0.25) is 5.15 Å². The first-order chi connectivity index (χ1) is 10.3. The molecule has 1 saturated heterocycles. The molecule has 1 aromatic rings. The molecule has 22 heavy (non-hydrogen) atoms. The van der Waals surface area contributed by atoms with Crippen molar-refractivity contribution in [1.82, 2.24) is 14.9 Å². The molecule has 0 spiro atoms. The van der Waals surface area contributed by atoms with Gasteiger partial charge in [-0.25, -0.2) is 14.8 Å². The van der Waals surface area contributed by atoms with E-state index in [0.717, 1.165) is 19.4 Å². The number of carbonyl (C=O) groups is 1. The summed E-state index contributed by atoms with van der Waals surface area (Å²) >= 11 is 5.92. The Morgan fingerprint density at radius 3 is 2.86 bits per heavy atom. The summed E-state index contributed by atoms with van der Waals surface area (Å²) in [6.07, 6.45) is 3.27. The van der Waals surface area contributed by atoms with E-state index in [1.54, 1.807) is 17.2 Å². The summed E-state index contributed by atoms with van der Waals surface area (Å²) in [5.41, 5.74) is -0.480. The molecule has 0 saturated carbocycles. The van der Waals surface area contributed by atoms with Crippen molar-refractivity contribution in [2.75, 3.05) is 25.0 Å². The van der Waals surface area contributed by atoms with E-state index in [1.165, 1.54) is 0 Å². The van der Waals surface area contributed by atoms with Crippen molar-refractivity contribution < 1.29 is 9.53 Å². The van der Waals surface area contributed by atoms with E-state index >= 15 is 0 Å². The second-order valence-corrected chi connectivity index (χ2v) is 6.90. The fourth-order valence-electron chi connectivity index (χ4n) is 2.42. The molecule has 0 aromatic carbocycles. The Morgan fingerprint density at radius 2 is 2.23 bits per heavy atom. The smallest absolute Gasteiger partial charge is 0.410 e. The molecule has 1 fully saturated rings. The van der Waals surface area contributed by atoms with Crippen LogP contribution in [-0.4, -0.2) is 52.7 Å². The first-order valence-corrected chi connectivity index (χ1v) is 7.83. The van der Waals surface area contributed by atoms with Gasteiger partial charge in [0.2, 0.25) is 5.95 Å². The van der Waals surface area contributed by atoms with Gasteiger partial charge in [0, 0.05) is 32.4 Å². The summed E-state index contributed by atoms with van der Waals surface area (Å²) in [7, 11) is 1.93. The van der Waals surface area contributed by atoms with Crippen LogP contribution in [0.15, 0.2) is 12.3 Å². The molecule has 0 radical (unpaired) electrons. The van der Waals surface area contributed by atoms with E-state index in [9.17, 15) is 4.79 Å². The van der Waals surface area contributed by atoms with Crippen LogP contribution in [0, 0.1) is 0 Å². The molecule has 2 heterocycles. The number of likely N-dealkylation sites (tertiary alicyclic amines) is 1. The number of anilines is 1. The van der Waals surface area contributed by atoms with Crippen LogP contribution in [0.1, 0.15) is 33.6 Å². The number of rotatable bonds is 2. The highest BCUT2D eigenvalue weighted by Gasteiger charge is 2.30. The minimum absolute atomic E-state index is 0.153. The summed E-state index contributed by atoms with van der Waals surface area (Å²) in [6.45, 7) is 6.94. The third kappa shape index (κ3) is 4.47. The van der Waals surface area contributed by atoms with Crippen molar-refractivity contribution in [3.63, 3.8) is 0 Å². The number of hydrogen-bond acceptors (Lipinski definition) is 5. The first-order valence-electron chi connectivity index (χ1n) is 7.45. The number of nitrogens with zero attached hydrogens (tertiary/aromatic N) is 4. The monoisotopic (exact) mass is 326 g/mol. The highest BCUT2D eigenvalue weighted by atomic mass is 35.5. The van der Waals surface area contributed by atoms with Gasteiger partial charge in [0.05, 0.1) is 0 Å². The summed E-state index contributed by atoms with van der Waals surface area (Å²) < 4.78 is 5.45. The van der Waals surface area contributed by atoms with E-state index < -0.39 is 5.60 Å². The zero-order chi connectivity index (χ0) is 16.3. The van der Waals surface area contributed by atoms with Crippen molar-refractivity contribution >= 4 is 23.6 Å². The average Bonchev–Trinajstić information content (AvgIpc) is 2.45. The van der Waals surface area contributed by atoms with Crippen LogP contribution in [0.3, 0.4) is 0 Å². The number of amides is 1. The minimum atomic E-state index is -0.480. The molecule has 0 aliphatic carbocycles. The van der Waals surface area contributed by atoms with E-state index in [0.29, 0.717) is 17.6 Å². The second-order valence-electron chi connectivity index (χ2n) is 6.51. The maximum atomic E-state index is 12.2. The lowest BCUT2D eigenvalue weighted by atomic mass is 10.1. The van der Waals surface area contributed by atoms with Crippen LogP contribution in [0.5, 0.6) is 0 Å². The van der Waals surface area contributed by atoms with E-state index in [2.05, 4.69) is 9.97 Å². The number of hydrogen-bond donors (Lipinski definition) is 0. The lowest BCUT2D eigenvalue weighted by Crippen LogP contribution is -2.50. The number of halogens is 1. The fourth-order valence-corrected chi connectivity index (χ4v) is 2.56. The summed E-state index contributed by atoms with van der Waals surface area (Å²) in [5, 5.41) is 0.414. The van der Waals surface area contributed by atoms with Crippen molar-refractivity contribution in [2.24, 2.45) is 0 Å². The molecule has 122 valence electrons. The van der Waals surface area contributed by atoms with Crippen LogP contribution in [0.4, 0.5) is 10.7 Å². The largest absolute Gasteiger partial charge is 0.444 e. The zero-order valence-electron chi connectivity index (χ0n) is 13.5. The van der Waals surface area contributed by atoms with Crippen molar-refractivity contribution in [3.05, 3.63) is 17.4 Å². The summed E-state index contributed by atoms with van der Waals surface area (Å²) in [5.74, 6) is 0.573. The molecule has 1 aliphatic heterocycles. The Labute approximate surface area is 136 Å². The topological polar surface area (TPSA) is 58.6 Å². The quantitative estimate of drug-likeness (QED) is 0.782. The number of aromatic nitrogens is 2. The predicted octanol–water partition coefficient (Wildman–Crippen LogP) is 2.97. The molecule has 7 heteroatoms. The first kappa shape index (κ1) is 16.8. The lowest BCUT2D eigenvalue weighted by molar-refractivity contribution is 0.0199. The fraction of sp³-hybridized carbons (Fsp3) is 0.667. The van der Waals surface area contributed by atoms with Gasteiger partial charge in [0.25, 0.3) is 0 Å². The van der Waals surface area contributed by atoms with Crippen LogP contribution in [0.25, 0.3) is 0 Å². The van der Waals surface area contributed by atoms with Crippen molar-refractivity contribution in [2.45, 2.75) is 45.3 Å². The average molecular weight is 327 g/mol. The van der Waals surface area contributed by atoms with Gasteiger partial charge in [-0.2, -0.15) is 0 Å². The highest BCUT2D eigenvalue weighted by molar-refractivity contribution is 6.29. The molecule has 1 aromatic heterocycles. The summed E-state index contributed by atoms with van der Waals surface area (Å²) in [4.78, 5) is 24.4. The Kier molecular flexibility index (Phi) is 5.11. The van der Waals surface area contributed by atoms with E-state index in [-0.39, 0.29) is 12.1 Å².